The summed E-state index contributed by atoms with van der Waals surface area (Å²) in [6, 6.07) is 12.4. The summed E-state index contributed by atoms with van der Waals surface area (Å²) in [5, 5.41) is 3.24. The van der Waals surface area contributed by atoms with E-state index in [4.69, 9.17) is 4.74 Å². The normalized spacial score (nSPS) is 19.6. The number of aromatic amines is 2. The molecule has 1 aliphatic heterocycles. The number of imidazole rings is 1. The number of fused-ring (bicyclic) bond motifs is 1. The van der Waals surface area contributed by atoms with Gasteiger partial charge in [0, 0.05) is 0 Å². The molecule has 0 bridgehead atoms. The zero-order valence-corrected chi connectivity index (χ0v) is 18.6. The Morgan fingerprint density at radius 3 is 2.39 bits per heavy atom. The molecule has 1 saturated heterocycles. The lowest BCUT2D eigenvalue weighted by Crippen LogP contribution is -2.53. The number of ether oxygens (including phenoxy) is 1. The van der Waals surface area contributed by atoms with Crippen molar-refractivity contribution < 1.29 is 14.3 Å². The van der Waals surface area contributed by atoms with Crippen molar-refractivity contribution in [1.82, 2.24) is 15.3 Å². The number of nitrogens with zero attached hydrogens (tertiary/aromatic N) is 1. The lowest BCUT2D eigenvalue weighted by atomic mass is 9.77. The number of rotatable bonds is 5. The fraction of sp³-hybridized carbons (Fsp3) is 0.400. The van der Waals surface area contributed by atoms with Crippen molar-refractivity contribution in [2.45, 2.75) is 50.0 Å². The van der Waals surface area contributed by atoms with Crippen LogP contribution >= 0.6 is 0 Å². The summed E-state index contributed by atoms with van der Waals surface area (Å²) in [5.74, 6) is 0.278. The number of aromatic nitrogens is 2. The zero-order valence-electron chi connectivity index (χ0n) is 18.6. The summed E-state index contributed by atoms with van der Waals surface area (Å²) < 4.78 is 5.30. The Labute approximate surface area is 191 Å². The Morgan fingerprint density at radius 1 is 1.00 bits per heavy atom. The van der Waals surface area contributed by atoms with Crippen molar-refractivity contribution in [3.8, 4) is 5.75 Å². The number of methoxy groups -OCH3 is 1. The summed E-state index contributed by atoms with van der Waals surface area (Å²) in [7, 11) is 1.61. The third kappa shape index (κ3) is 3.74. The van der Waals surface area contributed by atoms with E-state index in [1.807, 2.05) is 24.3 Å². The van der Waals surface area contributed by atoms with Crippen LogP contribution in [-0.4, -0.2) is 41.5 Å². The van der Waals surface area contributed by atoms with Gasteiger partial charge in [0.25, 0.3) is 5.91 Å². The maximum atomic E-state index is 14.3. The molecule has 2 amide bonds. The van der Waals surface area contributed by atoms with Gasteiger partial charge in [0.1, 0.15) is 5.75 Å². The van der Waals surface area contributed by atoms with Crippen LogP contribution in [0.2, 0.25) is 0 Å². The molecule has 0 radical (unpaired) electrons. The lowest BCUT2D eigenvalue weighted by Gasteiger charge is -2.35. The number of imide groups is 1. The second-order valence-electron chi connectivity index (χ2n) is 8.95. The number of anilines is 1. The van der Waals surface area contributed by atoms with Gasteiger partial charge in [-0.2, -0.15) is 0 Å². The zero-order chi connectivity index (χ0) is 23.0. The third-order valence-corrected chi connectivity index (χ3v) is 7.05. The van der Waals surface area contributed by atoms with Crippen molar-refractivity contribution in [3.63, 3.8) is 0 Å². The second-order valence-corrected chi connectivity index (χ2v) is 8.95. The minimum Gasteiger partial charge on any atom is -0.497 e. The van der Waals surface area contributed by atoms with E-state index in [0.29, 0.717) is 36.0 Å². The summed E-state index contributed by atoms with van der Waals surface area (Å²) >= 11 is 0. The Morgan fingerprint density at radius 2 is 1.73 bits per heavy atom. The highest BCUT2D eigenvalue weighted by Crippen LogP contribution is 2.44. The maximum Gasteiger partial charge on any atom is 0.323 e. The second kappa shape index (κ2) is 8.51. The number of H-pyrrole nitrogens is 2. The van der Waals surface area contributed by atoms with Crippen LogP contribution in [-0.2, 0) is 15.0 Å². The van der Waals surface area contributed by atoms with Gasteiger partial charge in [-0.25, -0.2) is 9.69 Å². The molecule has 2 aliphatic rings. The van der Waals surface area contributed by atoms with Gasteiger partial charge >= 0.3 is 5.69 Å². The first-order valence-electron chi connectivity index (χ1n) is 11.5. The summed E-state index contributed by atoms with van der Waals surface area (Å²) in [5.41, 5.74) is 1.47. The minimum atomic E-state index is -0.777. The van der Waals surface area contributed by atoms with E-state index in [1.54, 1.807) is 25.3 Å². The third-order valence-electron chi connectivity index (χ3n) is 7.05. The molecule has 0 unspecified atom stereocenters. The van der Waals surface area contributed by atoms with Crippen LogP contribution in [0.15, 0.2) is 47.3 Å². The highest BCUT2D eigenvalue weighted by atomic mass is 16.5. The molecule has 3 aromatic rings. The first kappa shape index (κ1) is 21.5. The highest BCUT2D eigenvalue weighted by molar-refractivity contribution is 6.20. The van der Waals surface area contributed by atoms with Crippen LogP contribution in [0, 0.1) is 0 Å². The Balaban J connectivity index is 1.61. The van der Waals surface area contributed by atoms with Crippen molar-refractivity contribution in [3.05, 3.63) is 58.5 Å². The number of carbonyl (C=O) groups is 2. The van der Waals surface area contributed by atoms with Crippen LogP contribution in [0.4, 0.5) is 5.69 Å². The number of benzene rings is 2. The van der Waals surface area contributed by atoms with E-state index in [-0.39, 0.29) is 17.5 Å². The largest absolute Gasteiger partial charge is 0.497 e. The van der Waals surface area contributed by atoms with Gasteiger partial charge in [0.2, 0.25) is 5.91 Å². The molecular weight excluding hydrogens is 420 g/mol. The van der Waals surface area contributed by atoms with Gasteiger partial charge < -0.3 is 20.0 Å². The minimum absolute atomic E-state index is 0.207. The number of hydrogen-bond acceptors (Lipinski definition) is 5. The van der Waals surface area contributed by atoms with E-state index in [2.05, 4.69) is 15.3 Å². The van der Waals surface area contributed by atoms with Crippen molar-refractivity contribution in [2.24, 2.45) is 0 Å². The molecule has 3 N–H and O–H groups in total. The highest BCUT2D eigenvalue weighted by Gasteiger charge is 2.48. The summed E-state index contributed by atoms with van der Waals surface area (Å²) in [4.78, 5) is 46.6. The molecule has 33 heavy (non-hydrogen) atoms. The summed E-state index contributed by atoms with van der Waals surface area (Å²) in [6.07, 6.45) is 4.80. The fourth-order valence-electron chi connectivity index (χ4n) is 5.28. The van der Waals surface area contributed by atoms with E-state index in [9.17, 15) is 14.4 Å². The number of carbonyl (C=O) groups excluding carboxylic acids is 2. The molecule has 8 heteroatoms. The van der Waals surface area contributed by atoms with Gasteiger partial charge in [0.05, 0.1) is 35.3 Å². The predicted octanol–water partition coefficient (Wildman–Crippen LogP) is 2.99. The molecule has 1 aromatic heterocycles. The van der Waals surface area contributed by atoms with E-state index in [0.717, 1.165) is 37.1 Å². The van der Waals surface area contributed by atoms with Crippen LogP contribution in [0.25, 0.3) is 11.0 Å². The maximum absolute atomic E-state index is 14.3. The van der Waals surface area contributed by atoms with Gasteiger partial charge in [-0.3, -0.25) is 9.59 Å². The topological polar surface area (TPSA) is 107 Å². The molecular formula is C25H28N4O4. The number of nitrogens with one attached hydrogen (secondary N) is 3. The Kier molecular flexibility index (Phi) is 5.54. The molecule has 0 spiro atoms. The lowest BCUT2D eigenvalue weighted by molar-refractivity contribution is -0.130. The molecule has 1 saturated carbocycles. The number of amides is 2. The molecule has 1 atom stereocenters. The van der Waals surface area contributed by atoms with Gasteiger partial charge in [-0.05, 0) is 68.1 Å². The smallest absolute Gasteiger partial charge is 0.323 e. The van der Waals surface area contributed by atoms with Crippen molar-refractivity contribution in [1.29, 1.82) is 0 Å². The average molecular weight is 449 g/mol. The fourth-order valence-corrected chi connectivity index (χ4v) is 5.28. The predicted molar refractivity (Wildman–Crippen MR) is 126 cm³/mol. The van der Waals surface area contributed by atoms with Crippen LogP contribution in [0.1, 0.15) is 44.1 Å². The SMILES string of the molecule is COc1ccc(C2(C(=O)N(C(=O)[C@H]3CCCN3)c3ccc4[nH]c(=O)[nH]c4c3)CCCC2)cc1. The van der Waals surface area contributed by atoms with E-state index >= 15 is 0 Å². The summed E-state index contributed by atoms with van der Waals surface area (Å²) in [6.45, 7) is 0.756. The number of hydrogen-bond donors (Lipinski definition) is 3. The molecule has 5 rings (SSSR count). The van der Waals surface area contributed by atoms with Crippen molar-refractivity contribution >= 4 is 28.5 Å². The Bertz CT molecular complexity index is 1230. The molecule has 2 aromatic carbocycles. The molecule has 2 fully saturated rings. The van der Waals surface area contributed by atoms with Crippen LogP contribution < -0.4 is 20.6 Å². The average Bonchev–Trinajstić information content (AvgIpc) is 3.59. The van der Waals surface area contributed by atoms with Crippen LogP contribution in [0.5, 0.6) is 5.75 Å². The standard InChI is InChI=1S/C25H28N4O4/c1-33-18-9-6-16(7-10-18)25(12-2-3-13-25)23(31)29(22(30)20-5-4-14-26-20)17-8-11-19-21(15-17)28-24(32)27-19/h6-11,15,20,26H,2-5,12-14H2,1H3,(H2,27,28,32)/t20-/m1/s1. The van der Waals surface area contributed by atoms with Crippen molar-refractivity contribution in [2.75, 3.05) is 18.6 Å². The molecule has 8 nitrogen and oxygen atoms in total. The van der Waals surface area contributed by atoms with E-state index in [1.165, 1.54) is 4.90 Å². The Hall–Kier alpha value is -3.39. The van der Waals surface area contributed by atoms with Gasteiger partial charge in [-0.1, -0.05) is 25.0 Å². The first-order chi connectivity index (χ1) is 16.0. The molecule has 1 aliphatic carbocycles. The molecule has 2 heterocycles. The monoisotopic (exact) mass is 448 g/mol. The molecule has 172 valence electrons. The quantitative estimate of drug-likeness (QED) is 0.520. The van der Waals surface area contributed by atoms with E-state index < -0.39 is 11.5 Å². The van der Waals surface area contributed by atoms with Gasteiger partial charge in [0.15, 0.2) is 0 Å². The first-order valence-corrected chi connectivity index (χ1v) is 11.5. The van der Waals surface area contributed by atoms with Gasteiger partial charge in [-0.15, -0.1) is 0 Å². The van der Waals surface area contributed by atoms with Crippen LogP contribution in [0.3, 0.4) is 0 Å².